The zero-order chi connectivity index (χ0) is 15.3. The molecule has 0 spiro atoms. The Kier molecular flexibility index (Phi) is 5.13. The number of hydrogen-bond acceptors (Lipinski definition) is 3. The van der Waals surface area contributed by atoms with Crippen molar-refractivity contribution in [1.82, 2.24) is 5.32 Å². The summed E-state index contributed by atoms with van der Waals surface area (Å²) in [4.78, 5) is 22.0. The molecule has 0 aliphatic heterocycles. The lowest BCUT2D eigenvalue weighted by Crippen LogP contribution is -2.41. The molecule has 0 bridgehead atoms. The van der Waals surface area contributed by atoms with Crippen molar-refractivity contribution >= 4 is 11.9 Å². The molecule has 20 heavy (non-hydrogen) atoms. The second-order valence-corrected chi connectivity index (χ2v) is 5.65. The van der Waals surface area contributed by atoms with E-state index in [1.165, 1.54) is 6.92 Å². The van der Waals surface area contributed by atoms with Crippen LogP contribution in [0.4, 0.5) is 0 Å². The SMILES string of the molecule is CC(=O)NC(Cc1ccc(OC(C)(C)C)cc1)C(=O)O. The summed E-state index contributed by atoms with van der Waals surface area (Å²) in [5, 5.41) is 11.5. The van der Waals surface area contributed by atoms with E-state index in [1.54, 1.807) is 24.3 Å². The van der Waals surface area contributed by atoms with Gasteiger partial charge in [-0.2, -0.15) is 0 Å². The van der Waals surface area contributed by atoms with Crippen LogP contribution in [0.3, 0.4) is 0 Å². The van der Waals surface area contributed by atoms with Crippen LogP contribution in [0, 0.1) is 0 Å². The number of rotatable bonds is 5. The summed E-state index contributed by atoms with van der Waals surface area (Å²) in [5.74, 6) is -0.673. The van der Waals surface area contributed by atoms with E-state index in [9.17, 15) is 9.59 Å². The Morgan fingerprint density at radius 1 is 1.25 bits per heavy atom. The first-order valence-corrected chi connectivity index (χ1v) is 6.45. The second-order valence-electron chi connectivity index (χ2n) is 5.65. The highest BCUT2D eigenvalue weighted by Crippen LogP contribution is 2.19. The average molecular weight is 279 g/mol. The Labute approximate surface area is 118 Å². The fourth-order valence-electron chi connectivity index (χ4n) is 1.73. The minimum atomic E-state index is -1.05. The standard InChI is InChI=1S/C15H21NO4/c1-10(17)16-13(14(18)19)9-11-5-7-12(8-6-11)20-15(2,3)4/h5-8,13H,9H2,1-4H3,(H,16,17)(H,18,19). The normalized spacial score (nSPS) is 12.6. The summed E-state index contributed by atoms with van der Waals surface area (Å²) in [6.45, 7) is 7.17. The van der Waals surface area contributed by atoms with E-state index < -0.39 is 12.0 Å². The average Bonchev–Trinajstić information content (AvgIpc) is 2.28. The first kappa shape index (κ1) is 16.0. The second kappa shape index (κ2) is 6.41. The molecule has 0 saturated carbocycles. The molecular weight excluding hydrogens is 258 g/mol. The fraction of sp³-hybridized carbons (Fsp3) is 0.467. The molecule has 110 valence electrons. The molecule has 1 rings (SSSR count). The third kappa shape index (κ3) is 5.73. The van der Waals surface area contributed by atoms with Gasteiger partial charge in [0.15, 0.2) is 0 Å². The number of benzene rings is 1. The van der Waals surface area contributed by atoms with Crippen LogP contribution in [0.15, 0.2) is 24.3 Å². The van der Waals surface area contributed by atoms with Crippen LogP contribution in [-0.2, 0) is 16.0 Å². The Bertz CT molecular complexity index is 474. The lowest BCUT2D eigenvalue weighted by atomic mass is 10.1. The van der Waals surface area contributed by atoms with Gasteiger partial charge >= 0.3 is 5.97 Å². The van der Waals surface area contributed by atoms with Crippen LogP contribution in [0.2, 0.25) is 0 Å². The number of carbonyl (C=O) groups excluding carboxylic acids is 1. The van der Waals surface area contributed by atoms with Crippen molar-refractivity contribution < 1.29 is 19.4 Å². The van der Waals surface area contributed by atoms with Crippen molar-refractivity contribution in [2.24, 2.45) is 0 Å². The van der Waals surface area contributed by atoms with Gasteiger partial charge in [0.1, 0.15) is 17.4 Å². The summed E-state index contributed by atoms with van der Waals surface area (Å²) in [6.07, 6.45) is 0.241. The van der Waals surface area contributed by atoms with Crippen LogP contribution < -0.4 is 10.1 Å². The van der Waals surface area contributed by atoms with Crippen molar-refractivity contribution in [3.05, 3.63) is 29.8 Å². The summed E-state index contributed by atoms with van der Waals surface area (Å²) < 4.78 is 5.69. The van der Waals surface area contributed by atoms with Crippen LogP contribution in [0.25, 0.3) is 0 Å². The first-order chi connectivity index (χ1) is 9.17. The number of hydrogen-bond donors (Lipinski definition) is 2. The monoisotopic (exact) mass is 279 g/mol. The molecular formula is C15H21NO4. The molecule has 0 fully saturated rings. The van der Waals surface area contributed by atoms with E-state index in [1.807, 2.05) is 20.8 Å². The van der Waals surface area contributed by atoms with Crippen LogP contribution in [-0.4, -0.2) is 28.6 Å². The highest BCUT2D eigenvalue weighted by atomic mass is 16.5. The van der Waals surface area contributed by atoms with Gasteiger partial charge in [-0.1, -0.05) is 12.1 Å². The molecule has 0 aliphatic rings. The number of amides is 1. The van der Waals surface area contributed by atoms with Crippen molar-refractivity contribution in [2.45, 2.75) is 45.8 Å². The third-order valence-electron chi connectivity index (χ3n) is 2.46. The molecule has 0 aromatic heterocycles. The van der Waals surface area contributed by atoms with Crippen molar-refractivity contribution in [2.75, 3.05) is 0 Å². The summed E-state index contributed by atoms with van der Waals surface area (Å²) >= 11 is 0. The maximum absolute atomic E-state index is 11.1. The number of nitrogens with one attached hydrogen (secondary N) is 1. The molecule has 5 nitrogen and oxygen atoms in total. The van der Waals surface area contributed by atoms with Gasteiger partial charge in [-0.05, 0) is 38.5 Å². The lowest BCUT2D eigenvalue weighted by Gasteiger charge is -2.21. The number of carbonyl (C=O) groups is 2. The quantitative estimate of drug-likeness (QED) is 0.864. The molecule has 0 radical (unpaired) electrons. The summed E-state index contributed by atoms with van der Waals surface area (Å²) in [6, 6.07) is 6.29. The van der Waals surface area contributed by atoms with Gasteiger partial charge in [-0.3, -0.25) is 4.79 Å². The number of ether oxygens (including phenoxy) is 1. The first-order valence-electron chi connectivity index (χ1n) is 6.45. The van der Waals surface area contributed by atoms with Crippen molar-refractivity contribution in [3.8, 4) is 5.75 Å². The fourth-order valence-corrected chi connectivity index (χ4v) is 1.73. The summed E-state index contributed by atoms with van der Waals surface area (Å²) in [7, 11) is 0. The minimum absolute atomic E-state index is 0.241. The van der Waals surface area contributed by atoms with Gasteiger partial charge in [0.05, 0.1) is 0 Å². The minimum Gasteiger partial charge on any atom is -0.488 e. The molecule has 1 atom stereocenters. The van der Waals surface area contributed by atoms with E-state index in [4.69, 9.17) is 9.84 Å². The number of carboxylic acid groups (broad SMARTS) is 1. The lowest BCUT2D eigenvalue weighted by molar-refractivity contribution is -0.141. The molecule has 1 aromatic rings. The third-order valence-corrected chi connectivity index (χ3v) is 2.46. The molecule has 1 amide bonds. The van der Waals surface area contributed by atoms with E-state index in [0.717, 1.165) is 11.3 Å². The largest absolute Gasteiger partial charge is 0.488 e. The Balaban J connectivity index is 2.72. The molecule has 5 heteroatoms. The molecule has 1 unspecified atom stereocenters. The molecule has 0 aliphatic carbocycles. The van der Waals surface area contributed by atoms with Gasteiger partial charge < -0.3 is 15.2 Å². The van der Waals surface area contributed by atoms with Gasteiger partial charge in [-0.25, -0.2) is 4.79 Å². The Morgan fingerprint density at radius 2 is 1.80 bits per heavy atom. The van der Waals surface area contributed by atoms with Crippen molar-refractivity contribution in [3.63, 3.8) is 0 Å². The maximum Gasteiger partial charge on any atom is 0.326 e. The van der Waals surface area contributed by atoms with E-state index in [-0.39, 0.29) is 17.9 Å². The molecule has 0 saturated heterocycles. The highest BCUT2D eigenvalue weighted by molar-refractivity contribution is 5.82. The molecule has 2 N–H and O–H groups in total. The van der Waals surface area contributed by atoms with Gasteiger partial charge in [-0.15, -0.1) is 0 Å². The topological polar surface area (TPSA) is 75.6 Å². The number of aliphatic carboxylic acids is 1. The predicted molar refractivity (Wildman–Crippen MR) is 75.8 cm³/mol. The van der Waals surface area contributed by atoms with Crippen LogP contribution in [0.1, 0.15) is 33.3 Å². The highest BCUT2D eigenvalue weighted by Gasteiger charge is 2.19. The summed E-state index contributed by atoms with van der Waals surface area (Å²) in [5.41, 5.74) is 0.550. The smallest absolute Gasteiger partial charge is 0.326 e. The zero-order valence-corrected chi connectivity index (χ0v) is 12.3. The van der Waals surface area contributed by atoms with E-state index >= 15 is 0 Å². The Hall–Kier alpha value is -2.04. The van der Waals surface area contributed by atoms with Crippen LogP contribution in [0.5, 0.6) is 5.75 Å². The Morgan fingerprint density at radius 3 is 2.20 bits per heavy atom. The number of carboxylic acids is 1. The van der Waals surface area contributed by atoms with E-state index in [0.29, 0.717) is 0 Å². The maximum atomic E-state index is 11.1. The van der Waals surface area contributed by atoms with Crippen LogP contribution >= 0.6 is 0 Å². The van der Waals surface area contributed by atoms with Gasteiger partial charge in [0.2, 0.25) is 5.91 Å². The van der Waals surface area contributed by atoms with E-state index in [2.05, 4.69) is 5.32 Å². The van der Waals surface area contributed by atoms with Gasteiger partial charge in [0.25, 0.3) is 0 Å². The molecule has 0 heterocycles. The van der Waals surface area contributed by atoms with Gasteiger partial charge in [0, 0.05) is 13.3 Å². The zero-order valence-electron chi connectivity index (χ0n) is 12.3. The predicted octanol–water partition coefficient (Wildman–Crippen LogP) is 2.00. The van der Waals surface area contributed by atoms with Crippen molar-refractivity contribution in [1.29, 1.82) is 0 Å². The molecule has 1 aromatic carbocycles.